The minimum atomic E-state index is -0.0785. The molecule has 0 radical (unpaired) electrons. The number of fused-ring (bicyclic) bond motifs is 1. The molecule has 2 amide bonds. The van der Waals surface area contributed by atoms with E-state index in [4.69, 9.17) is 9.15 Å². The standard InChI is InChI=1S/C20H24N2O4/c1-13(2)20(24)21-16-6-4-5-14(9-16)18-10-15-11-22(19(23)12-25-3)8-7-17(15)26-18/h4-6,9-10,13H,7-8,11-12H2,1-3H3,(H,21,24). The molecular weight excluding hydrogens is 332 g/mol. The van der Waals surface area contributed by atoms with Gasteiger partial charge in [-0.05, 0) is 18.2 Å². The van der Waals surface area contributed by atoms with Crippen LogP contribution in [0.3, 0.4) is 0 Å². The van der Waals surface area contributed by atoms with Gasteiger partial charge >= 0.3 is 0 Å². The fourth-order valence-corrected chi connectivity index (χ4v) is 2.94. The maximum absolute atomic E-state index is 12.0. The molecule has 2 heterocycles. The first-order valence-corrected chi connectivity index (χ1v) is 8.77. The van der Waals surface area contributed by atoms with Gasteiger partial charge in [-0.2, -0.15) is 0 Å². The van der Waals surface area contributed by atoms with Crippen molar-refractivity contribution in [3.05, 3.63) is 41.7 Å². The van der Waals surface area contributed by atoms with Gasteiger partial charge in [0.1, 0.15) is 18.1 Å². The van der Waals surface area contributed by atoms with E-state index in [-0.39, 0.29) is 24.3 Å². The van der Waals surface area contributed by atoms with E-state index in [0.717, 1.165) is 28.3 Å². The highest BCUT2D eigenvalue weighted by Crippen LogP contribution is 2.31. The van der Waals surface area contributed by atoms with Crippen molar-refractivity contribution >= 4 is 17.5 Å². The van der Waals surface area contributed by atoms with Crippen molar-refractivity contribution in [3.63, 3.8) is 0 Å². The van der Waals surface area contributed by atoms with E-state index < -0.39 is 0 Å². The van der Waals surface area contributed by atoms with Crippen LogP contribution in [0, 0.1) is 5.92 Å². The van der Waals surface area contributed by atoms with Crippen LogP contribution in [-0.4, -0.2) is 37.0 Å². The van der Waals surface area contributed by atoms with Gasteiger partial charge in [0.05, 0.1) is 0 Å². The van der Waals surface area contributed by atoms with Crippen LogP contribution in [0.4, 0.5) is 5.69 Å². The largest absolute Gasteiger partial charge is 0.461 e. The zero-order valence-electron chi connectivity index (χ0n) is 15.4. The minimum absolute atomic E-state index is 0.0145. The molecule has 6 heteroatoms. The van der Waals surface area contributed by atoms with Crippen LogP contribution >= 0.6 is 0 Å². The van der Waals surface area contributed by atoms with Crippen LogP contribution in [0.2, 0.25) is 0 Å². The van der Waals surface area contributed by atoms with Crippen molar-refractivity contribution in [3.8, 4) is 11.3 Å². The lowest BCUT2D eigenvalue weighted by molar-refractivity contribution is -0.136. The minimum Gasteiger partial charge on any atom is -0.461 e. The molecule has 0 saturated carbocycles. The van der Waals surface area contributed by atoms with Gasteiger partial charge < -0.3 is 19.4 Å². The maximum atomic E-state index is 12.0. The van der Waals surface area contributed by atoms with Crippen molar-refractivity contribution in [2.24, 2.45) is 5.92 Å². The zero-order chi connectivity index (χ0) is 18.7. The van der Waals surface area contributed by atoms with Crippen LogP contribution in [0.15, 0.2) is 34.7 Å². The number of amides is 2. The van der Waals surface area contributed by atoms with E-state index in [1.807, 2.05) is 44.2 Å². The molecule has 1 N–H and O–H groups in total. The second-order valence-corrected chi connectivity index (χ2v) is 6.78. The number of nitrogens with one attached hydrogen (secondary N) is 1. The summed E-state index contributed by atoms with van der Waals surface area (Å²) in [4.78, 5) is 25.7. The highest BCUT2D eigenvalue weighted by atomic mass is 16.5. The Bertz CT molecular complexity index is 810. The third-order valence-corrected chi connectivity index (χ3v) is 4.43. The molecule has 6 nitrogen and oxygen atoms in total. The summed E-state index contributed by atoms with van der Waals surface area (Å²) >= 11 is 0. The number of hydrogen-bond donors (Lipinski definition) is 1. The Balaban J connectivity index is 1.78. The number of rotatable bonds is 5. The number of methoxy groups -OCH3 is 1. The van der Waals surface area contributed by atoms with E-state index >= 15 is 0 Å². The van der Waals surface area contributed by atoms with Gasteiger partial charge in [-0.1, -0.05) is 26.0 Å². The highest BCUT2D eigenvalue weighted by Gasteiger charge is 2.24. The topological polar surface area (TPSA) is 71.8 Å². The predicted octanol–water partition coefficient (Wildman–Crippen LogP) is 3.07. The van der Waals surface area contributed by atoms with Crippen molar-refractivity contribution in [2.45, 2.75) is 26.8 Å². The summed E-state index contributed by atoms with van der Waals surface area (Å²) in [6.07, 6.45) is 0.689. The number of ether oxygens (including phenoxy) is 1. The smallest absolute Gasteiger partial charge is 0.248 e. The SMILES string of the molecule is COCC(=O)N1CCc2oc(-c3cccc(NC(=O)C(C)C)c3)cc2C1. The monoisotopic (exact) mass is 356 g/mol. The van der Waals surface area contributed by atoms with Crippen molar-refractivity contribution in [2.75, 3.05) is 25.6 Å². The zero-order valence-corrected chi connectivity index (χ0v) is 15.4. The fraction of sp³-hybridized carbons (Fsp3) is 0.400. The van der Waals surface area contributed by atoms with Gasteiger partial charge in [0.15, 0.2) is 0 Å². The molecule has 1 aliphatic rings. The Labute approximate surface area is 153 Å². The van der Waals surface area contributed by atoms with Crippen LogP contribution < -0.4 is 5.32 Å². The number of carbonyl (C=O) groups excluding carboxylic acids is 2. The van der Waals surface area contributed by atoms with E-state index in [9.17, 15) is 9.59 Å². The van der Waals surface area contributed by atoms with Gasteiger partial charge in [0.25, 0.3) is 0 Å². The summed E-state index contributed by atoms with van der Waals surface area (Å²) in [6, 6.07) is 9.57. The molecule has 1 aromatic heterocycles. The number of hydrogen-bond acceptors (Lipinski definition) is 4. The lowest BCUT2D eigenvalue weighted by Gasteiger charge is -2.25. The van der Waals surface area contributed by atoms with E-state index in [1.165, 1.54) is 7.11 Å². The van der Waals surface area contributed by atoms with Crippen molar-refractivity contribution in [1.29, 1.82) is 0 Å². The first-order valence-electron chi connectivity index (χ1n) is 8.77. The van der Waals surface area contributed by atoms with Gasteiger partial charge in [-0.25, -0.2) is 0 Å². The third-order valence-electron chi connectivity index (χ3n) is 4.43. The summed E-state index contributed by atoms with van der Waals surface area (Å²) in [6.45, 7) is 4.97. The lowest BCUT2D eigenvalue weighted by atomic mass is 10.1. The molecule has 0 saturated heterocycles. The van der Waals surface area contributed by atoms with Crippen LogP contribution in [-0.2, 0) is 27.3 Å². The predicted molar refractivity (Wildman–Crippen MR) is 98.6 cm³/mol. The summed E-state index contributed by atoms with van der Waals surface area (Å²) in [5.41, 5.74) is 2.66. The summed E-state index contributed by atoms with van der Waals surface area (Å²) in [5.74, 6) is 1.55. The summed E-state index contributed by atoms with van der Waals surface area (Å²) in [5, 5.41) is 2.90. The fourth-order valence-electron chi connectivity index (χ4n) is 2.94. The van der Waals surface area contributed by atoms with Gasteiger partial charge in [0, 0.05) is 49.4 Å². The molecule has 0 bridgehead atoms. The Morgan fingerprint density at radius 2 is 2.12 bits per heavy atom. The summed E-state index contributed by atoms with van der Waals surface area (Å²) in [7, 11) is 1.52. The molecule has 2 aromatic rings. The molecule has 0 atom stereocenters. The van der Waals surface area contributed by atoms with Crippen LogP contribution in [0.25, 0.3) is 11.3 Å². The van der Waals surface area contributed by atoms with Gasteiger partial charge in [-0.15, -0.1) is 0 Å². The number of anilines is 1. The van der Waals surface area contributed by atoms with Crippen LogP contribution in [0.5, 0.6) is 0 Å². The molecule has 1 aromatic carbocycles. The van der Waals surface area contributed by atoms with E-state index in [1.54, 1.807) is 4.90 Å². The molecule has 26 heavy (non-hydrogen) atoms. The molecule has 3 rings (SSSR count). The molecule has 138 valence electrons. The van der Waals surface area contributed by atoms with Crippen LogP contribution in [0.1, 0.15) is 25.2 Å². The number of benzene rings is 1. The number of nitrogens with zero attached hydrogens (tertiary/aromatic N) is 1. The molecule has 1 aliphatic heterocycles. The lowest BCUT2D eigenvalue weighted by Crippen LogP contribution is -2.37. The van der Waals surface area contributed by atoms with Gasteiger partial charge in [-0.3, -0.25) is 9.59 Å². The van der Waals surface area contributed by atoms with Crippen molar-refractivity contribution < 1.29 is 18.7 Å². The Morgan fingerprint density at radius 1 is 1.31 bits per heavy atom. The Kier molecular flexibility index (Phi) is 5.42. The number of carbonyl (C=O) groups is 2. The highest BCUT2D eigenvalue weighted by molar-refractivity contribution is 5.92. The second kappa shape index (κ2) is 7.74. The molecule has 0 aliphatic carbocycles. The second-order valence-electron chi connectivity index (χ2n) is 6.78. The first kappa shape index (κ1) is 18.2. The molecule has 0 spiro atoms. The maximum Gasteiger partial charge on any atom is 0.248 e. The normalized spacial score (nSPS) is 13.6. The molecular formula is C20H24N2O4. The van der Waals surface area contributed by atoms with Gasteiger partial charge in [0.2, 0.25) is 11.8 Å². The Morgan fingerprint density at radius 3 is 2.85 bits per heavy atom. The van der Waals surface area contributed by atoms with Crippen molar-refractivity contribution in [1.82, 2.24) is 4.90 Å². The van der Waals surface area contributed by atoms with E-state index in [0.29, 0.717) is 19.5 Å². The average Bonchev–Trinajstić information content (AvgIpc) is 3.05. The average molecular weight is 356 g/mol. The third kappa shape index (κ3) is 3.96. The number of furan rings is 1. The van der Waals surface area contributed by atoms with E-state index in [2.05, 4.69) is 5.32 Å². The first-order chi connectivity index (χ1) is 12.5. The quantitative estimate of drug-likeness (QED) is 0.894. The molecule has 0 fully saturated rings. The summed E-state index contributed by atoms with van der Waals surface area (Å²) < 4.78 is 10.9. The molecule has 0 unspecified atom stereocenters. The Hall–Kier alpha value is -2.60.